The third-order valence-electron chi connectivity index (χ3n) is 7.78. The third-order valence-corrected chi connectivity index (χ3v) is 13.7. The predicted octanol–water partition coefficient (Wildman–Crippen LogP) is 7.60. The summed E-state index contributed by atoms with van der Waals surface area (Å²) in [5.74, 6) is 4.28. The topological polar surface area (TPSA) is 38.8 Å². The van der Waals surface area contributed by atoms with Gasteiger partial charge in [0.1, 0.15) is 24.2 Å². The molecule has 2 aromatic rings. The minimum atomic E-state index is -1.43. The first-order valence-electron chi connectivity index (χ1n) is 13.0. The second-order valence-electron chi connectivity index (χ2n) is 10.0. The number of likely N-dealkylation sites (tertiary alicyclic amines) is 1. The van der Waals surface area contributed by atoms with Crippen molar-refractivity contribution >= 4 is 61.9 Å². The summed E-state index contributed by atoms with van der Waals surface area (Å²) in [6.07, 6.45) is 7.24. The van der Waals surface area contributed by atoms with E-state index in [0.717, 1.165) is 42.8 Å². The van der Waals surface area contributed by atoms with Crippen LogP contribution in [-0.2, 0) is 4.57 Å². The Morgan fingerprint density at radius 1 is 1.08 bits per heavy atom. The lowest BCUT2D eigenvalue weighted by Gasteiger charge is -2.41. The molecule has 8 heteroatoms. The van der Waals surface area contributed by atoms with Gasteiger partial charge in [-0.3, -0.25) is 4.90 Å². The molecule has 6 rings (SSSR count). The molecule has 0 radical (unpaired) electrons. The summed E-state index contributed by atoms with van der Waals surface area (Å²) in [6, 6.07) is 14.7. The number of hydrogen-bond donors (Lipinski definition) is 0. The van der Waals surface area contributed by atoms with Crippen LogP contribution in [0, 0.1) is 0 Å². The number of fused-ring (bicyclic) bond motifs is 2. The monoisotopic (exact) mass is 652 g/mol. The van der Waals surface area contributed by atoms with Gasteiger partial charge in [-0.05, 0) is 86.2 Å². The van der Waals surface area contributed by atoms with E-state index in [2.05, 4.69) is 58.8 Å². The highest BCUT2D eigenvalue weighted by Crippen LogP contribution is 2.59. The molecule has 0 saturated carbocycles. The van der Waals surface area contributed by atoms with E-state index < -0.39 is 5.44 Å². The Morgan fingerprint density at radius 2 is 1.86 bits per heavy atom. The van der Waals surface area contributed by atoms with Gasteiger partial charge in [-0.1, -0.05) is 23.1 Å². The van der Waals surface area contributed by atoms with Crippen LogP contribution in [0.1, 0.15) is 55.8 Å². The number of allylic oxidation sites excluding steroid dienone is 1. The van der Waals surface area contributed by atoms with Crippen LogP contribution in [0.15, 0.2) is 48.0 Å². The average Bonchev–Trinajstić information content (AvgIpc) is 3.36. The zero-order chi connectivity index (χ0) is 24.5. The lowest BCUT2D eigenvalue weighted by molar-refractivity contribution is 0.183. The Labute approximate surface area is 236 Å². The van der Waals surface area contributed by atoms with Gasteiger partial charge in [0.15, 0.2) is 0 Å². The fourth-order valence-corrected chi connectivity index (χ4v) is 10.5. The van der Waals surface area contributed by atoms with Crippen molar-refractivity contribution in [3.8, 4) is 11.5 Å². The minimum Gasteiger partial charge on any atom is -0.492 e. The molecule has 1 aliphatic carbocycles. The predicted molar refractivity (Wildman–Crippen MR) is 162 cm³/mol. The molecule has 3 heterocycles. The summed E-state index contributed by atoms with van der Waals surface area (Å²) in [7, 11) is 0. The summed E-state index contributed by atoms with van der Waals surface area (Å²) in [5, 5.41) is 0.846. The highest BCUT2D eigenvalue weighted by atomic mass is 127. The average molecular weight is 653 g/mol. The molecule has 2 fully saturated rings. The molecule has 0 aromatic heterocycles. The van der Waals surface area contributed by atoms with Gasteiger partial charge in [0, 0.05) is 29.7 Å². The lowest BCUT2D eigenvalue weighted by atomic mass is 9.80. The second-order valence-corrected chi connectivity index (χ2v) is 16.9. The van der Waals surface area contributed by atoms with E-state index in [4.69, 9.17) is 9.47 Å². The van der Waals surface area contributed by atoms with Crippen molar-refractivity contribution < 1.29 is 14.0 Å². The summed E-state index contributed by atoms with van der Waals surface area (Å²) in [5.41, 5.74) is 3.81. The summed E-state index contributed by atoms with van der Waals surface area (Å²) in [6.45, 7) is 4.13. The van der Waals surface area contributed by atoms with Crippen LogP contribution in [0.25, 0.3) is 5.57 Å². The molecule has 0 N–H and O–H groups in total. The van der Waals surface area contributed by atoms with E-state index in [1.807, 2.05) is 34.2 Å². The summed E-state index contributed by atoms with van der Waals surface area (Å²) in [4.78, 5) is 2.51. The number of piperidine rings is 1. The number of nitrogens with zero attached hydrogens (tertiary/aromatic N) is 1. The van der Waals surface area contributed by atoms with Crippen molar-refractivity contribution in [1.82, 2.24) is 4.90 Å². The standard InChI is InChI=1S/C28H32INO3PS2/c29-34(31)22-8-9-24-23-10-11-28(35-16-17-36-28)19-25(23)27(33-26(24)18-22)20-4-6-21(7-5-20)32-15-14-30-12-2-1-3-13-30/h4-9,18,27H,1-3,10-17,19H2/q+1/t27-/m0/s1. The molecule has 1 spiro atoms. The molecule has 0 amide bonds. The SMILES string of the molecule is O=[P+](I)c1ccc2c(c1)O[C@@H](c1ccc(OCCN3CCCCC3)cc1)C1=C2CCC2(C1)SCCS2. The van der Waals surface area contributed by atoms with Crippen molar-refractivity contribution in [2.45, 2.75) is 48.7 Å². The molecule has 36 heavy (non-hydrogen) atoms. The van der Waals surface area contributed by atoms with Gasteiger partial charge >= 0.3 is 5.44 Å². The molecule has 4 aliphatic rings. The first kappa shape index (κ1) is 25.5. The molecule has 2 aromatic carbocycles. The lowest BCUT2D eigenvalue weighted by Crippen LogP contribution is -2.33. The van der Waals surface area contributed by atoms with Crippen LogP contribution in [0.3, 0.4) is 0 Å². The maximum Gasteiger partial charge on any atom is 0.443 e. The van der Waals surface area contributed by atoms with Crippen molar-refractivity contribution in [2.24, 2.45) is 0 Å². The van der Waals surface area contributed by atoms with E-state index in [9.17, 15) is 4.57 Å². The van der Waals surface area contributed by atoms with Gasteiger partial charge in [-0.25, -0.2) is 0 Å². The molecule has 0 bridgehead atoms. The van der Waals surface area contributed by atoms with Crippen LogP contribution < -0.4 is 14.8 Å². The first-order valence-corrected chi connectivity index (χ1v) is 19.0. The number of benzene rings is 2. The van der Waals surface area contributed by atoms with Crippen LogP contribution in [-0.4, -0.2) is 46.7 Å². The van der Waals surface area contributed by atoms with Gasteiger partial charge in [0.05, 0.1) is 4.08 Å². The largest absolute Gasteiger partial charge is 0.492 e. The van der Waals surface area contributed by atoms with Crippen LogP contribution in [0.2, 0.25) is 0 Å². The van der Waals surface area contributed by atoms with Crippen LogP contribution in [0.5, 0.6) is 11.5 Å². The molecule has 190 valence electrons. The molecule has 3 aliphatic heterocycles. The molecular weight excluding hydrogens is 620 g/mol. The zero-order valence-corrected chi connectivity index (χ0v) is 25.1. The Kier molecular flexibility index (Phi) is 7.93. The quantitative estimate of drug-likeness (QED) is 0.237. The third kappa shape index (κ3) is 5.38. The number of halogens is 1. The van der Waals surface area contributed by atoms with Crippen LogP contribution in [0.4, 0.5) is 0 Å². The van der Waals surface area contributed by atoms with E-state index >= 15 is 0 Å². The van der Waals surface area contributed by atoms with Crippen molar-refractivity contribution in [2.75, 3.05) is 37.7 Å². The van der Waals surface area contributed by atoms with Gasteiger partial charge < -0.3 is 9.47 Å². The smallest absolute Gasteiger partial charge is 0.443 e. The Bertz CT molecular complexity index is 1160. The van der Waals surface area contributed by atoms with Gasteiger partial charge in [0.25, 0.3) is 22.0 Å². The van der Waals surface area contributed by atoms with E-state index in [-0.39, 0.29) is 6.10 Å². The van der Waals surface area contributed by atoms with Crippen molar-refractivity contribution in [1.29, 1.82) is 0 Å². The summed E-state index contributed by atoms with van der Waals surface area (Å²) < 4.78 is 25.3. The molecule has 2 atom stereocenters. The minimum absolute atomic E-state index is 0.101. The summed E-state index contributed by atoms with van der Waals surface area (Å²) >= 11 is 6.28. The molecule has 2 saturated heterocycles. The zero-order valence-electron chi connectivity index (χ0n) is 20.4. The Hall–Kier alpha value is -0.730. The normalized spacial score (nSPS) is 23.7. The fraction of sp³-hybridized carbons (Fsp3) is 0.500. The van der Waals surface area contributed by atoms with E-state index in [0.29, 0.717) is 4.08 Å². The molecule has 4 nitrogen and oxygen atoms in total. The van der Waals surface area contributed by atoms with E-state index in [1.54, 1.807) is 0 Å². The van der Waals surface area contributed by atoms with Gasteiger partial charge in [0.2, 0.25) is 5.30 Å². The number of hydrogen-bond acceptors (Lipinski definition) is 6. The van der Waals surface area contributed by atoms with Crippen LogP contribution >= 0.6 is 51.0 Å². The van der Waals surface area contributed by atoms with Gasteiger partial charge in [-0.2, -0.15) is 0 Å². The van der Waals surface area contributed by atoms with Crippen molar-refractivity contribution in [3.63, 3.8) is 0 Å². The maximum absolute atomic E-state index is 12.2. The van der Waals surface area contributed by atoms with Crippen molar-refractivity contribution in [3.05, 3.63) is 59.2 Å². The maximum atomic E-state index is 12.2. The Morgan fingerprint density at radius 3 is 2.61 bits per heavy atom. The van der Waals surface area contributed by atoms with Gasteiger partial charge in [-0.15, -0.1) is 23.5 Å². The second kappa shape index (κ2) is 11.2. The Balaban J connectivity index is 1.24. The number of ether oxygens (including phenoxy) is 2. The highest BCUT2D eigenvalue weighted by molar-refractivity contribution is 14.2. The van der Waals surface area contributed by atoms with E-state index in [1.165, 1.54) is 72.6 Å². The first-order chi connectivity index (χ1) is 17.6. The number of thioether (sulfide) groups is 2. The fourth-order valence-electron chi connectivity index (χ4n) is 5.91. The number of rotatable bonds is 6. The molecule has 1 unspecified atom stereocenters. The highest BCUT2D eigenvalue weighted by Gasteiger charge is 2.44. The molecular formula is C28H32INO3PS2+.